The quantitative estimate of drug-likeness (QED) is 0.325. The molecular formula is C7H7BN2O4. The van der Waals surface area contributed by atoms with Crippen molar-refractivity contribution in [1.82, 2.24) is 0 Å². The van der Waals surface area contributed by atoms with Gasteiger partial charge in [0.2, 0.25) is 0 Å². The minimum Gasteiger partial charge on any atom is -0.425 e. The Morgan fingerprint density at radius 3 is 2.64 bits per heavy atom. The van der Waals surface area contributed by atoms with E-state index >= 15 is 0 Å². The van der Waals surface area contributed by atoms with Crippen molar-refractivity contribution in [1.29, 1.82) is 0 Å². The maximum absolute atomic E-state index is 10.4. The van der Waals surface area contributed by atoms with Gasteiger partial charge in [-0.3, -0.25) is 10.1 Å². The fourth-order valence-electron chi connectivity index (χ4n) is 1.11. The Labute approximate surface area is 79.8 Å². The first-order valence-corrected chi connectivity index (χ1v) is 3.81. The maximum atomic E-state index is 10.4. The van der Waals surface area contributed by atoms with E-state index < -0.39 is 12.0 Å². The molecule has 0 fully saturated rings. The van der Waals surface area contributed by atoms with Gasteiger partial charge in [0.05, 0.1) is 4.92 Å². The summed E-state index contributed by atoms with van der Waals surface area (Å²) in [6.07, 6.45) is 0. The molecule has 0 saturated carbocycles. The number of nitro benzene ring substituents is 1. The van der Waals surface area contributed by atoms with E-state index in [0.717, 1.165) is 6.07 Å². The summed E-state index contributed by atoms with van der Waals surface area (Å²) in [5, 5.41) is 21.9. The Morgan fingerprint density at radius 1 is 1.50 bits per heavy atom. The van der Waals surface area contributed by atoms with Gasteiger partial charge in [0, 0.05) is 12.1 Å². The number of aryl methyl sites for hydroxylation is 1. The van der Waals surface area contributed by atoms with Crippen LogP contribution in [0.4, 0.5) is 5.69 Å². The Balaban J connectivity index is 3.19. The number of hydrogen-bond donors (Lipinski definition) is 1. The molecule has 0 radical (unpaired) electrons. The topological polar surface area (TPSA) is 92.8 Å². The summed E-state index contributed by atoms with van der Waals surface area (Å²) >= 11 is 0. The lowest BCUT2D eigenvalue weighted by molar-refractivity contribution is -0.384. The molecule has 1 aromatic carbocycles. The largest absolute Gasteiger partial charge is 0.517 e. The first-order chi connectivity index (χ1) is 6.54. The number of non-ortho nitro benzene ring substituents is 1. The van der Waals surface area contributed by atoms with Crippen LogP contribution in [0.5, 0.6) is 0 Å². The number of benzene rings is 1. The van der Waals surface area contributed by atoms with Crippen LogP contribution in [0.3, 0.4) is 0 Å². The van der Waals surface area contributed by atoms with E-state index in [-0.39, 0.29) is 11.2 Å². The van der Waals surface area contributed by atoms with Crippen LogP contribution >= 0.6 is 0 Å². The zero-order chi connectivity index (χ0) is 10.7. The Hall–Kier alpha value is -1.76. The van der Waals surface area contributed by atoms with E-state index in [1.165, 1.54) is 12.1 Å². The molecule has 72 valence electrons. The first kappa shape index (κ1) is 10.3. The second kappa shape index (κ2) is 3.97. The molecule has 0 bridgehead atoms. The predicted molar refractivity (Wildman–Crippen MR) is 51.2 cm³/mol. The van der Waals surface area contributed by atoms with Crippen molar-refractivity contribution in [2.75, 3.05) is 0 Å². The minimum atomic E-state index is -1.55. The average molecular weight is 194 g/mol. The molecule has 1 rings (SSSR count). The van der Waals surface area contributed by atoms with Crippen LogP contribution in [0.15, 0.2) is 23.3 Å². The SMILES string of the molecule is Cc1cc(B(O)N=O)cc([N+](=O)[O-])c1. The fraction of sp³-hybridized carbons (Fsp3) is 0.143. The van der Waals surface area contributed by atoms with Gasteiger partial charge < -0.3 is 5.02 Å². The van der Waals surface area contributed by atoms with E-state index in [2.05, 4.69) is 5.09 Å². The molecule has 0 aliphatic rings. The highest BCUT2D eigenvalue weighted by Crippen LogP contribution is 2.11. The summed E-state index contributed by atoms with van der Waals surface area (Å²) < 4.78 is 0. The molecule has 0 unspecified atom stereocenters. The molecule has 7 heteroatoms. The van der Waals surface area contributed by atoms with Gasteiger partial charge in [-0.2, -0.15) is 4.91 Å². The molecule has 1 N–H and O–H groups in total. The van der Waals surface area contributed by atoms with E-state index in [1.54, 1.807) is 6.92 Å². The van der Waals surface area contributed by atoms with Crippen molar-refractivity contribution >= 4 is 18.2 Å². The smallest absolute Gasteiger partial charge is 0.425 e. The molecule has 0 saturated heterocycles. The Bertz CT molecular complexity index is 382. The van der Waals surface area contributed by atoms with Gasteiger partial charge in [-0.15, -0.1) is 0 Å². The molecule has 0 heterocycles. The highest BCUT2D eigenvalue weighted by molar-refractivity contribution is 6.64. The standard InChI is InChI=1S/C7H7BN2O4/c1-5-2-6(8(11)9-12)4-7(3-5)10(13)14/h2-4,11H,1H3. The normalized spacial score (nSPS) is 9.57. The number of nitrogens with zero attached hydrogens (tertiary/aromatic N) is 2. The van der Waals surface area contributed by atoms with E-state index in [9.17, 15) is 15.0 Å². The molecule has 0 spiro atoms. The van der Waals surface area contributed by atoms with Gasteiger partial charge in [-0.25, -0.2) is 0 Å². The van der Waals surface area contributed by atoms with Crippen LogP contribution in [0.1, 0.15) is 5.56 Å². The summed E-state index contributed by atoms with van der Waals surface area (Å²) in [6, 6.07) is 3.94. The van der Waals surface area contributed by atoms with Crippen molar-refractivity contribution in [2.45, 2.75) is 6.92 Å². The zero-order valence-electron chi connectivity index (χ0n) is 7.38. The molecule has 14 heavy (non-hydrogen) atoms. The van der Waals surface area contributed by atoms with Crippen LogP contribution in [-0.2, 0) is 0 Å². The van der Waals surface area contributed by atoms with Gasteiger partial charge in [-0.1, -0.05) is 11.2 Å². The molecule has 0 aliphatic heterocycles. The van der Waals surface area contributed by atoms with Gasteiger partial charge in [-0.05, 0) is 17.9 Å². The molecule has 0 atom stereocenters. The lowest BCUT2D eigenvalue weighted by Crippen LogP contribution is -2.28. The molecule has 0 aliphatic carbocycles. The molecule has 0 amide bonds. The number of hydrogen-bond acceptors (Lipinski definition) is 5. The van der Waals surface area contributed by atoms with Crippen LogP contribution in [-0.4, -0.2) is 17.0 Å². The van der Waals surface area contributed by atoms with Crippen molar-refractivity contribution in [3.8, 4) is 0 Å². The lowest BCUT2D eigenvalue weighted by atomic mass is 9.75. The Kier molecular flexibility index (Phi) is 2.93. The molecule has 6 nitrogen and oxygen atoms in total. The Morgan fingerprint density at radius 2 is 2.14 bits per heavy atom. The molecule has 0 aromatic heterocycles. The van der Waals surface area contributed by atoms with Gasteiger partial charge in [0.1, 0.15) is 0 Å². The molecular weight excluding hydrogens is 187 g/mol. The highest BCUT2D eigenvalue weighted by Gasteiger charge is 2.19. The van der Waals surface area contributed by atoms with Crippen molar-refractivity contribution in [2.24, 2.45) is 5.09 Å². The van der Waals surface area contributed by atoms with Gasteiger partial charge in [0.25, 0.3) is 5.69 Å². The average Bonchev–Trinajstić information content (AvgIpc) is 2.15. The summed E-state index contributed by atoms with van der Waals surface area (Å²) in [5.74, 6) is 0. The van der Waals surface area contributed by atoms with Crippen LogP contribution in [0.25, 0.3) is 0 Å². The lowest BCUT2D eigenvalue weighted by Gasteiger charge is -2.00. The second-order valence-corrected chi connectivity index (χ2v) is 2.84. The van der Waals surface area contributed by atoms with Crippen LogP contribution in [0, 0.1) is 21.9 Å². The molecule has 1 aromatic rings. The summed E-state index contributed by atoms with van der Waals surface area (Å²) in [7, 11) is -1.55. The van der Waals surface area contributed by atoms with Crippen LogP contribution < -0.4 is 5.46 Å². The maximum Gasteiger partial charge on any atom is 0.517 e. The predicted octanol–water partition coefficient (Wildman–Crippen LogP) is 0.357. The third kappa shape index (κ3) is 2.14. The monoisotopic (exact) mass is 194 g/mol. The summed E-state index contributed by atoms with van der Waals surface area (Å²) in [4.78, 5) is 19.9. The van der Waals surface area contributed by atoms with E-state index in [4.69, 9.17) is 5.02 Å². The second-order valence-electron chi connectivity index (χ2n) is 2.84. The van der Waals surface area contributed by atoms with E-state index in [0.29, 0.717) is 5.56 Å². The van der Waals surface area contributed by atoms with Gasteiger partial charge >= 0.3 is 7.05 Å². The number of nitro groups is 1. The number of rotatable bonds is 3. The van der Waals surface area contributed by atoms with E-state index in [1.807, 2.05) is 0 Å². The summed E-state index contributed by atoms with van der Waals surface area (Å²) in [5.41, 5.74) is 0.561. The first-order valence-electron chi connectivity index (χ1n) is 3.81. The summed E-state index contributed by atoms with van der Waals surface area (Å²) in [6.45, 7) is 1.63. The number of nitroso groups, excluding NO2 is 1. The fourth-order valence-corrected chi connectivity index (χ4v) is 1.11. The van der Waals surface area contributed by atoms with Crippen molar-refractivity contribution in [3.63, 3.8) is 0 Å². The van der Waals surface area contributed by atoms with Crippen molar-refractivity contribution < 1.29 is 9.95 Å². The third-order valence-electron chi connectivity index (χ3n) is 1.69. The van der Waals surface area contributed by atoms with Gasteiger partial charge in [0.15, 0.2) is 0 Å². The van der Waals surface area contributed by atoms with Crippen LogP contribution in [0.2, 0.25) is 0 Å². The van der Waals surface area contributed by atoms with Crippen molar-refractivity contribution in [3.05, 3.63) is 38.8 Å². The third-order valence-corrected chi connectivity index (χ3v) is 1.69. The zero-order valence-corrected chi connectivity index (χ0v) is 7.38. The minimum absolute atomic E-state index is 0.131. The highest BCUT2D eigenvalue weighted by atomic mass is 16.6.